The smallest absolute Gasteiger partial charge is 0.255 e. The number of benzene rings is 4. The van der Waals surface area contributed by atoms with Crippen LogP contribution in [0, 0.1) is 0 Å². The van der Waals surface area contributed by atoms with Gasteiger partial charge in [-0.1, -0.05) is 47.5 Å². The Morgan fingerprint density at radius 2 is 1.75 bits per heavy atom. The standard InChI is InChI=1S/C25H16Cl2N2O3/c1-31-22-10-8-14(12-20(22)27)24(30)28-15-9-11-23-21(13-15)29-25(32-23)18-6-2-5-17-16(18)4-3-7-19(17)26/h2-13H,1H3,(H,28,30). The Hall–Kier alpha value is -3.54. The van der Waals surface area contributed by atoms with Crippen molar-refractivity contribution in [3.63, 3.8) is 0 Å². The van der Waals surface area contributed by atoms with E-state index in [1.165, 1.54) is 7.11 Å². The van der Waals surface area contributed by atoms with Crippen molar-refractivity contribution in [3.05, 3.63) is 88.4 Å². The molecule has 5 aromatic rings. The minimum Gasteiger partial charge on any atom is -0.495 e. The van der Waals surface area contributed by atoms with Gasteiger partial charge in [0.05, 0.1) is 12.1 Å². The van der Waals surface area contributed by atoms with Crippen molar-refractivity contribution < 1.29 is 13.9 Å². The summed E-state index contributed by atoms with van der Waals surface area (Å²) in [7, 11) is 1.52. The number of aromatic nitrogens is 1. The summed E-state index contributed by atoms with van der Waals surface area (Å²) in [6, 6.07) is 21.7. The third-order valence-corrected chi connectivity index (χ3v) is 5.78. The maximum atomic E-state index is 12.6. The van der Waals surface area contributed by atoms with Gasteiger partial charge in [0.1, 0.15) is 11.3 Å². The molecule has 0 fully saturated rings. The second-order valence-corrected chi connectivity index (χ2v) is 7.96. The van der Waals surface area contributed by atoms with Gasteiger partial charge in [0.15, 0.2) is 5.58 Å². The van der Waals surface area contributed by atoms with Gasteiger partial charge in [-0.25, -0.2) is 4.98 Å². The Balaban J connectivity index is 1.47. The van der Waals surface area contributed by atoms with E-state index in [1.54, 1.807) is 36.4 Å². The monoisotopic (exact) mass is 462 g/mol. The van der Waals surface area contributed by atoms with E-state index in [1.807, 2.05) is 36.4 Å². The summed E-state index contributed by atoms with van der Waals surface area (Å²) in [5.74, 6) is 0.703. The molecule has 1 N–H and O–H groups in total. The van der Waals surface area contributed by atoms with Crippen LogP contribution in [-0.4, -0.2) is 18.0 Å². The highest BCUT2D eigenvalue weighted by atomic mass is 35.5. The zero-order valence-corrected chi connectivity index (χ0v) is 18.4. The number of carbonyl (C=O) groups excluding carboxylic acids is 1. The molecule has 0 radical (unpaired) electrons. The van der Waals surface area contributed by atoms with Crippen LogP contribution in [0.4, 0.5) is 5.69 Å². The molecule has 5 rings (SSSR count). The third-order valence-electron chi connectivity index (χ3n) is 5.16. The van der Waals surface area contributed by atoms with Gasteiger partial charge in [0.25, 0.3) is 5.91 Å². The fourth-order valence-electron chi connectivity index (χ4n) is 3.59. The summed E-state index contributed by atoms with van der Waals surface area (Å²) in [4.78, 5) is 17.3. The van der Waals surface area contributed by atoms with Crippen molar-refractivity contribution >= 4 is 56.7 Å². The molecule has 0 aliphatic heterocycles. The summed E-state index contributed by atoms with van der Waals surface area (Å²) in [5.41, 5.74) is 3.11. The predicted molar refractivity (Wildman–Crippen MR) is 128 cm³/mol. The number of nitrogens with zero attached hydrogens (tertiary/aromatic N) is 1. The first-order valence-electron chi connectivity index (χ1n) is 9.76. The molecule has 32 heavy (non-hydrogen) atoms. The Morgan fingerprint density at radius 1 is 0.938 bits per heavy atom. The number of ether oxygens (including phenoxy) is 1. The first kappa shape index (κ1) is 20.4. The molecule has 1 heterocycles. The molecular formula is C25H16Cl2N2O3. The van der Waals surface area contributed by atoms with Crippen LogP contribution in [0.5, 0.6) is 5.75 Å². The predicted octanol–water partition coefficient (Wildman–Crippen LogP) is 7.22. The van der Waals surface area contributed by atoms with Crippen molar-refractivity contribution in [2.24, 2.45) is 0 Å². The molecule has 0 bridgehead atoms. The third kappa shape index (κ3) is 3.66. The first-order valence-corrected chi connectivity index (χ1v) is 10.5. The molecule has 0 spiro atoms. The van der Waals surface area contributed by atoms with Crippen LogP contribution >= 0.6 is 23.2 Å². The van der Waals surface area contributed by atoms with Gasteiger partial charge in [0, 0.05) is 27.2 Å². The largest absolute Gasteiger partial charge is 0.495 e. The lowest BCUT2D eigenvalue weighted by Gasteiger charge is -2.07. The number of methoxy groups -OCH3 is 1. The van der Waals surface area contributed by atoms with Gasteiger partial charge in [-0.15, -0.1) is 0 Å². The van der Waals surface area contributed by atoms with E-state index in [4.69, 9.17) is 32.4 Å². The lowest BCUT2D eigenvalue weighted by atomic mass is 10.0. The zero-order valence-electron chi connectivity index (χ0n) is 16.9. The lowest BCUT2D eigenvalue weighted by Crippen LogP contribution is -2.11. The lowest BCUT2D eigenvalue weighted by molar-refractivity contribution is 0.102. The Labute approximate surface area is 193 Å². The highest BCUT2D eigenvalue weighted by Crippen LogP contribution is 2.34. The number of fused-ring (bicyclic) bond motifs is 2. The molecule has 0 aliphatic rings. The number of oxazole rings is 1. The first-order chi connectivity index (χ1) is 15.5. The Bertz CT molecular complexity index is 1490. The maximum absolute atomic E-state index is 12.6. The van der Waals surface area contributed by atoms with E-state index >= 15 is 0 Å². The zero-order chi connectivity index (χ0) is 22.2. The molecule has 0 unspecified atom stereocenters. The minimum absolute atomic E-state index is 0.290. The van der Waals surface area contributed by atoms with Crippen LogP contribution in [-0.2, 0) is 0 Å². The summed E-state index contributed by atoms with van der Waals surface area (Å²) < 4.78 is 11.1. The topological polar surface area (TPSA) is 64.4 Å². The maximum Gasteiger partial charge on any atom is 0.255 e. The van der Waals surface area contributed by atoms with Crippen LogP contribution < -0.4 is 10.1 Å². The van der Waals surface area contributed by atoms with Gasteiger partial charge in [-0.3, -0.25) is 4.79 Å². The van der Waals surface area contributed by atoms with E-state index in [0.717, 1.165) is 16.3 Å². The van der Waals surface area contributed by atoms with Crippen molar-refractivity contribution in [1.82, 2.24) is 4.98 Å². The van der Waals surface area contributed by atoms with Crippen LogP contribution in [0.1, 0.15) is 10.4 Å². The van der Waals surface area contributed by atoms with E-state index in [2.05, 4.69) is 10.3 Å². The van der Waals surface area contributed by atoms with Crippen molar-refractivity contribution in [2.75, 3.05) is 12.4 Å². The van der Waals surface area contributed by atoms with E-state index in [9.17, 15) is 4.79 Å². The Morgan fingerprint density at radius 3 is 2.56 bits per heavy atom. The van der Waals surface area contributed by atoms with E-state index in [-0.39, 0.29) is 5.91 Å². The number of hydrogen-bond acceptors (Lipinski definition) is 4. The fourth-order valence-corrected chi connectivity index (χ4v) is 4.08. The van der Waals surface area contributed by atoms with Crippen LogP contribution in [0.25, 0.3) is 33.3 Å². The quantitative estimate of drug-likeness (QED) is 0.306. The second-order valence-electron chi connectivity index (χ2n) is 7.15. The molecule has 0 aliphatic carbocycles. The molecule has 7 heteroatoms. The van der Waals surface area contributed by atoms with Crippen LogP contribution in [0.2, 0.25) is 10.0 Å². The summed E-state index contributed by atoms with van der Waals surface area (Å²) in [5, 5.41) is 5.79. The number of amides is 1. The summed E-state index contributed by atoms with van der Waals surface area (Å²) in [6.07, 6.45) is 0. The molecular weight excluding hydrogens is 447 g/mol. The number of rotatable bonds is 4. The van der Waals surface area contributed by atoms with Crippen LogP contribution in [0.15, 0.2) is 77.2 Å². The highest BCUT2D eigenvalue weighted by Gasteiger charge is 2.14. The summed E-state index contributed by atoms with van der Waals surface area (Å²) in [6.45, 7) is 0. The summed E-state index contributed by atoms with van der Waals surface area (Å²) >= 11 is 12.5. The molecule has 1 amide bonds. The average molecular weight is 463 g/mol. The van der Waals surface area contributed by atoms with Crippen LogP contribution in [0.3, 0.4) is 0 Å². The van der Waals surface area contributed by atoms with Crippen molar-refractivity contribution in [2.45, 2.75) is 0 Å². The molecule has 4 aromatic carbocycles. The van der Waals surface area contributed by atoms with Crippen molar-refractivity contribution in [1.29, 1.82) is 0 Å². The molecule has 0 saturated heterocycles. The number of carbonyl (C=O) groups is 1. The number of nitrogens with one attached hydrogen (secondary N) is 1. The van der Waals surface area contributed by atoms with E-state index in [0.29, 0.717) is 44.0 Å². The average Bonchev–Trinajstić information content (AvgIpc) is 3.22. The van der Waals surface area contributed by atoms with Gasteiger partial charge in [0.2, 0.25) is 5.89 Å². The Kier molecular flexibility index (Phi) is 5.21. The second kappa shape index (κ2) is 8.19. The number of halogens is 2. The van der Waals surface area contributed by atoms with Gasteiger partial charge < -0.3 is 14.5 Å². The molecule has 5 nitrogen and oxygen atoms in total. The number of anilines is 1. The van der Waals surface area contributed by atoms with Crippen molar-refractivity contribution in [3.8, 4) is 17.2 Å². The normalized spacial score (nSPS) is 11.1. The fraction of sp³-hybridized carbons (Fsp3) is 0.0400. The van der Waals surface area contributed by atoms with Gasteiger partial charge in [-0.05, 0) is 53.9 Å². The van der Waals surface area contributed by atoms with Gasteiger partial charge in [-0.2, -0.15) is 0 Å². The van der Waals surface area contributed by atoms with Gasteiger partial charge >= 0.3 is 0 Å². The molecule has 0 atom stereocenters. The highest BCUT2D eigenvalue weighted by molar-refractivity contribution is 6.36. The molecule has 158 valence electrons. The minimum atomic E-state index is -0.290. The SMILES string of the molecule is COc1ccc(C(=O)Nc2ccc3oc(-c4cccc5c(Cl)cccc45)nc3c2)cc1Cl. The number of hydrogen-bond donors (Lipinski definition) is 1. The molecule has 1 aromatic heterocycles. The molecule has 0 saturated carbocycles. The van der Waals surface area contributed by atoms with E-state index < -0.39 is 0 Å².